The molecule has 3 heterocycles. The number of nitrogens with zero attached hydrogens (tertiary/aromatic N) is 4. The van der Waals surface area contributed by atoms with Crippen LogP contribution < -0.4 is 0 Å². The summed E-state index contributed by atoms with van der Waals surface area (Å²) in [6, 6.07) is 15.4. The van der Waals surface area contributed by atoms with Crippen LogP contribution >= 0.6 is 0 Å². The molecular weight excluding hydrogens is 396 g/mol. The summed E-state index contributed by atoms with van der Waals surface area (Å²) in [7, 11) is 0. The Balaban J connectivity index is 1.25. The molecule has 0 saturated carbocycles. The van der Waals surface area contributed by atoms with Gasteiger partial charge in [-0.3, -0.25) is 14.4 Å². The molecule has 0 spiro atoms. The lowest BCUT2D eigenvalue weighted by Gasteiger charge is -2.35. The van der Waals surface area contributed by atoms with E-state index in [9.17, 15) is 9.59 Å². The third-order valence-electron chi connectivity index (χ3n) is 5.30. The monoisotopic (exact) mass is 422 g/mol. The Hall–Kier alpha value is -3.39. The number of piperazine rings is 1. The molecule has 3 aromatic rings. The summed E-state index contributed by atoms with van der Waals surface area (Å²) in [4.78, 5) is 29.2. The van der Waals surface area contributed by atoms with Crippen LogP contribution in [0, 0.1) is 0 Å². The maximum Gasteiger partial charge on any atom is 0.375 e. The maximum absolute atomic E-state index is 12.7. The summed E-state index contributed by atoms with van der Waals surface area (Å²) in [5.74, 6) is -0.162. The van der Waals surface area contributed by atoms with E-state index in [1.165, 1.54) is 5.56 Å². The summed E-state index contributed by atoms with van der Waals surface area (Å²) in [6.07, 6.45) is 2.61. The Bertz CT molecular complexity index is 992. The van der Waals surface area contributed by atoms with Gasteiger partial charge in [0.2, 0.25) is 5.76 Å². The quantitative estimate of drug-likeness (QED) is 0.544. The summed E-state index contributed by atoms with van der Waals surface area (Å²) >= 11 is 0. The fourth-order valence-corrected chi connectivity index (χ4v) is 3.62. The van der Waals surface area contributed by atoms with Gasteiger partial charge in [0.05, 0.1) is 6.54 Å². The number of hydrogen-bond donors (Lipinski definition) is 0. The van der Waals surface area contributed by atoms with Crippen molar-refractivity contribution in [3.63, 3.8) is 0 Å². The van der Waals surface area contributed by atoms with E-state index in [4.69, 9.17) is 9.15 Å². The minimum atomic E-state index is -0.868. The van der Waals surface area contributed by atoms with Crippen LogP contribution in [-0.4, -0.2) is 63.7 Å². The molecule has 1 fully saturated rings. The van der Waals surface area contributed by atoms with Gasteiger partial charge in [-0.15, -0.1) is 0 Å². The second-order valence-electron chi connectivity index (χ2n) is 7.60. The van der Waals surface area contributed by atoms with E-state index in [0.29, 0.717) is 25.4 Å². The molecule has 1 aliphatic rings. The van der Waals surface area contributed by atoms with Crippen LogP contribution in [0.3, 0.4) is 0 Å². The summed E-state index contributed by atoms with van der Waals surface area (Å²) in [5.41, 5.74) is 1.26. The van der Waals surface area contributed by atoms with Crippen LogP contribution in [0.1, 0.15) is 28.8 Å². The topological polar surface area (TPSA) is 80.8 Å². The van der Waals surface area contributed by atoms with Gasteiger partial charge in [0.1, 0.15) is 5.76 Å². The number of esters is 1. The summed E-state index contributed by atoms with van der Waals surface area (Å²) in [6.45, 7) is 5.69. The highest BCUT2D eigenvalue weighted by Gasteiger charge is 2.28. The first kappa shape index (κ1) is 20.9. The highest BCUT2D eigenvalue weighted by molar-refractivity contribution is 5.90. The van der Waals surface area contributed by atoms with Gasteiger partial charge < -0.3 is 14.1 Å². The first-order valence-corrected chi connectivity index (χ1v) is 10.4. The van der Waals surface area contributed by atoms with E-state index in [1.54, 1.807) is 41.0 Å². The molecule has 1 unspecified atom stereocenters. The molecule has 2 aromatic heterocycles. The van der Waals surface area contributed by atoms with E-state index in [0.717, 1.165) is 19.6 Å². The van der Waals surface area contributed by atoms with Gasteiger partial charge in [-0.25, -0.2) is 4.79 Å². The number of hydrogen-bond acceptors (Lipinski definition) is 6. The molecule has 4 rings (SSSR count). The third-order valence-corrected chi connectivity index (χ3v) is 5.30. The normalized spacial score (nSPS) is 15.6. The Morgan fingerprint density at radius 1 is 1.03 bits per heavy atom. The highest BCUT2D eigenvalue weighted by Crippen LogP contribution is 2.14. The predicted molar refractivity (Wildman–Crippen MR) is 113 cm³/mol. The van der Waals surface area contributed by atoms with Crippen LogP contribution in [0.5, 0.6) is 0 Å². The van der Waals surface area contributed by atoms with Gasteiger partial charge in [0.25, 0.3) is 5.91 Å². The standard InChI is InChI=1S/C23H26N4O4/c1-18(30-23(29)21-9-8-20(31-21)17-27-11-5-10-24-27)22(28)26-14-12-25(13-15-26)16-19-6-3-2-4-7-19/h2-11,18H,12-17H2,1H3. The van der Waals surface area contributed by atoms with Crippen molar-refractivity contribution in [2.45, 2.75) is 26.1 Å². The van der Waals surface area contributed by atoms with E-state index >= 15 is 0 Å². The van der Waals surface area contributed by atoms with Crippen LogP contribution in [0.4, 0.5) is 0 Å². The lowest BCUT2D eigenvalue weighted by Crippen LogP contribution is -2.51. The van der Waals surface area contributed by atoms with Crippen LogP contribution in [0.25, 0.3) is 0 Å². The van der Waals surface area contributed by atoms with Gasteiger partial charge in [-0.1, -0.05) is 30.3 Å². The molecule has 0 bridgehead atoms. The van der Waals surface area contributed by atoms with Crippen LogP contribution in [-0.2, 0) is 22.6 Å². The van der Waals surface area contributed by atoms with Gasteiger partial charge in [-0.05, 0) is 30.7 Å². The lowest BCUT2D eigenvalue weighted by molar-refractivity contribution is -0.141. The Labute approximate surface area is 181 Å². The molecule has 1 atom stereocenters. The molecule has 1 saturated heterocycles. The van der Waals surface area contributed by atoms with E-state index in [2.05, 4.69) is 22.1 Å². The Morgan fingerprint density at radius 3 is 2.52 bits per heavy atom. The molecule has 8 nitrogen and oxygen atoms in total. The van der Waals surface area contributed by atoms with Crippen molar-refractivity contribution in [3.05, 3.63) is 78.0 Å². The number of rotatable bonds is 7. The number of carbonyl (C=O) groups is 2. The number of amides is 1. The van der Waals surface area contributed by atoms with E-state index < -0.39 is 12.1 Å². The number of aromatic nitrogens is 2. The largest absolute Gasteiger partial charge is 0.452 e. The molecule has 162 valence electrons. The van der Waals surface area contributed by atoms with Crippen molar-refractivity contribution in [1.29, 1.82) is 0 Å². The average Bonchev–Trinajstić information content (AvgIpc) is 3.47. The molecule has 8 heteroatoms. The second kappa shape index (κ2) is 9.61. The van der Waals surface area contributed by atoms with Crippen molar-refractivity contribution >= 4 is 11.9 Å². The van der Waals surface area contributed by atoms with Gasteiger partial charge in [0.15, 0.2) is 6.10 Å². The fourth-order valence-electron chi connectivity index (χ4n) is 3.62. The SMILES string of the molecule is CC(OC(=O)c1ccc(Cn2cccn2)o1)C(=O)N1CCN(Cc2ccccc2)CC1. The first-order valence-electron chi connectivity index (χ1n) is 10.4. The number of ether oxygens (including phenoxy) is 1. The Morgan fingerprint density at radius 2 is 1.81 bits per heavy atom. The molecule has 0 aliphatic carbocycles. The number of furan rings is 1. The van der Waals surface area contributed by atoms with Crippen molar-refractivity contribution < 1.29 is 18.7 Å². The molecule has 1 aromatic carbocycles. The zero-order valence-corrected chi connectivity index (χ0v) is 17.5. The van der Waals surface area contributed by atoms with Crippen LogP contribution in [0.15, 0.2) is 65.3 Å². The Kier molecular flexibility index (Phi) is 6.47. The third kappa shape index (κ3) is 5.40. The molecule has 31 heavy (non-hydrogen) atoms. The second-order valence-corrected chi connectivity index (χ2v) is 7.60. The van der Waals surface area contributed by atoms with Crippen LogP contribution in [0.2, 0.25) is 0 Å². The molecule has 1 amide bonds. The average molecular weight is 422 g/mol. The smallest absolute Gasteiger partial charge is 0.375 e. The van der Waals surface area contributed by atoms with Gasteiger partial charge >= 0.3 is 5.97 Å². The molecule has 1 aliphatic heterocycles. The molecular formula is C23H26N4O4. The van der Waals surface area contributed by atoms with Crippen molar-refractivity contribution in [2.75, 3.05) is 26.2 Å². The summed E-state index contributed by atoms with van der Waals surface area (Å²) < 4.78 is 12.6. The predicted octanol–water partition coefficient (Wildman–Crippen LogP) is 2.41. The van der Waals surface area contributed by atoms with E-state index in [1.807, 2.05) is 24.3 Å². The van der Waals surface area contributed by atoms with Gasteiger partial charge in [-0.2, -0.15) is 5.10 Å². The van der Waals surface area contributed by atoms with Crippen molar-refractivity contribution in [1.82, 2.24) is 19.6 Å². The van der Waals surface area contributed by atoms with Crippen molar-refractivity contribution in [3.8, 4) is 0 Å². The maximum atomic E-state index is 12.7. The van der Waals surface area contributed by atoms with E-state index in [-0.39, 0.29) is 11.7 Å². The fraction of sp³-hybridized carbons (Fsp3) is 0.348. The first-order chi connectivity index (χ1) is 15.1. The minimum Gasteiger partial charge on any atom is -0.452 e. The lowest BCUT2D eigenvalue weighted by atomic mass is 10.2. The highest BCUT2D eigenvalue weighted by atomic mass is 16.6. The summed E-state index contributed by atoms with van der Waals surface area (Å²) in [5, 5.41) is 4.10. The number of benzene rings is 1. The minimum absolute atomic E-state index is 0.0782. The van der Waals surface area contributed by atoms with Gasteiger partial charge in [0, 0.05) is 45.1 Å². The van der Waals surface area contributed by atoms with Crippen molar-refractivity contribution in [2.24, 2.45) is 0 Å². The zero-order valence-electron chi connectivity index (χ0n) is 17.5. The number of carbonyl (C=O) groups excluding carboxylic acids is 2. The molecule has 0 radical (unpaired) electrons. The zero-order chi connectivity index (χ0) is 21.6. The molecule has 0 N–H and O–H groups in total.